The Labute approximate surface area is 182 Å². The largest absolute Gasteiger partial charge is 0.497 e. The van der Waals surface area contributed by atoms with Gasteiger partial charge < -0.3 is 30.0 Å². The minimum atomic E-state index is -0.186. The summed E-state index contributed by atoms with van der Waals surface area (Å²) >= 11 is 5.99. The van der Waals surface area contributed by atoms with Crippen molar-refractivity contribution in [2.24, 2.45) is 0 Å². The summed E-state index contributed by atoms with van der Waals surface area (Å²) in [5.74, 6) is 0.983. The van der Waals surface area contributed by atoms with Crippen molar-refractivity contribution in [1.82, 2.24) is 14.9 Å². The first-order valence-electron chi connectivity index (χ1n) is 9.94. The molecule has 9 heteroatoms. The standard InChI is InChI=1S/C11H10ClN3O.C5H11NO.C5H10O2/c1-16-8-4-2-7(3-5-8)10-9(12)6-14-11(13)15-10;1-6-2-4-7-5-3-6;6-5-2-1-3-7-4-5/h2-6H,1H3,(H2,13,14,15);2-5H2,1H3;5-6H,1-4H2. The van der Waals surface area contributed by atoms with Crippen molar-refractivity contribution >= 4 is 17.5 Å². The zero-order valence-corrected chi connectivity index (χ0v) is 18.3. The molecule has 3 heterocycles. The number of hydrogen-bond donors (Lipinski definition) is 2. The predicted octanol–water partition coefficient (Wildman–Crippen LogP) is 2.49. The van der Waals surface area contributed by atoms with Crippen LogP contribution in [0.2, 0.25) is 5.02 Å². The zero-order chi connectivity index (χ0) is 21.8. The van der Waals surface area contributed by atoms with Crippen molar-refractivity contribution in [3.8, 4) is 17.0 Å². The molecule has 0 saturated carbocycles. The average molecular weight is 439 g/mol. The van der Waals surface area contributed by atoms with Crippen LogP contribution in [0.3, 0.4) is 0 Å². The number of nitrogen functional groups attached to an aromatic ring is 1. The second kappa shape index (κ2) is 13.4. The molecule has 0 spiro atoms. The topological polar surface area (TPSA) is 103 Å². The number of benzene rings is 1. The predicted molar refractivity (Wildman–Crippen MR) is 118 cm³/mol. The molecule has 1 unspecified atom stereocenters. The number of ether oxygens (including phenoxy) is 3. The number of aliphatic hydroxyl groups excluding tert-OH is 1. The first-order chi connectivity index (χ1) is 14.5. The van der Waals surface area contributed by atoms with Gasteiger partial charge in [0.1, 0.15) is 5.75 Å². The summed E-state index contributed by atoms with van der Waals surface area (Å²) in [6.45, 7) is 5.39. The van der Waals surface area contributed by atoms with Gasteiger partial charge in [0.15, 0.2) is 0 Å². The average Bonchev–Trinajstić information content (AvgIpc) is 2.77. The molecule has 1 aromatic carbocycles. The molecule has 1 aromatic heterocycles. The first-order valence-corrected chi connectivity index (χ1v) is 10.3. The molecule has 2 aromatic rings. The van der Waals surface area contributed by atoms with Gasteiger partial charge in [-0.3, -0.25) is 0 Å². The van der Waals surface area contributed by atoms with Crippen LogP contribution in [-0.4, -0.2) is 79.8 Å². The normalized spacial score (nSPS) is 19.0. The highest BCUT2D eigenvalue weighted by atomic mass is 35.5. The van der Waals surface area contributed by atoms with Crippen LogP contribution in [0.25, 0.3) is 11.3 Å². The number of morpholine rings is 1. The molecule has 4 rings (SSSR count). The van der Waals surface area contributed by atoms with Crippen LogP contribution >= 0.6 is 11.6 Å². The van der Waals surface area contributed by atoms with Crippen LogP contribution < -0.4 is 10.5 Å². The van der Waals surface area contributed by atoms with E-state index in [1.54, 1.807) is 7.11 Å². The van der Waals surface area contributed by atoms with Crippen LogP contribution in [-0.2, 0) is 9.47 Å². The van der Waals surface area contributed by atoms with E-state index in [4.69, 9.17) is 36.7 Å². The number of rotatable bonds is 2. The van der Waals surface area contributed by atoms with Crippen molar-refractivity contribution in [1.29, 1.82) is 0 Å². The number of nitrogens with two attached hydrogens (primary N) is 1. The third-order valence-corrected chi connectivity index (χ3v) is 4.77. The third kappa shape index (κ3) is 8.81. The monoisotopic (exact) mass is 438 g/mol. The molecule has 3 N–H and O–H groups in total. The Morgan fingerprint density at radius 1 is 1.17 bits per heavy atom. The van der Waals surface area contributed by atoms with Crippen LogP contribution in [0.4, 0.5) is 5.95 Å². The Morgan fingerprint density at radius 3 is 2.33 bits per heavy atom. The fraction of sp³-hybridized carbons (Fsp3) is 0.524. The van der Waals surface area contributed by atoms with Gasteiger partial charge in [0, 0.05) is 25.3 Å². The molecular weight excluding hydrogens is 408 g/mol. The summed E-state index contributed by atoms with van der Waals surface area (Å²) in [7, 11) is 3.73. The highest BCUT2D eigenvalue weighted by molar-refractivity contribution is 6.32. The van der Waals surface area contributed by atoms with Crippen LogP contribution in [0, 0.1) is 0 Å². The highest BCUT2D eigenvalue weighted by Gasteiger charge is 2.08. The smallest absolute Gasteiger partial charge is 0.220 e. The lowest BCUT2D eigenvalue weighted by Gasteiger charge is -2.21. The Morgan fingerprint density at radius 2 is 1.87 bits per heavy atom. The maximum atomic E-state index is 8.78. The number of anilines is 1. The molecule has 0 radical (unpaired) electrons. The van der Waals surface area contributed by atoms with Crippen LogP contribution in [0.5, 0.6) is 5.75 Å². The summed E-state index contributed by atoms with van der Waals surface area (Å²) in [6.07, 6.45) is 3.23. The second-order valence-electron chi connectivity index (χ2n) is 6.94. The highest BCUT2D eigenvalue weighted by Crippen LogP contribution is 2.27. The number of hydrogen-bond acceptors (Lipinski definition) is 8. The van der Waals surface area contributed by atoms with Gasteiger partial charge in [-0.15, -0.1) is 0 Å². The lowest BCUT2D eigenvalue weighted by Crippen LogP contribution is -2.32. The minimum absolute atomic E-state index is 0.186. The Kier molecular flexibility index (Phi) is 10.8. The lowest BCUT2D eigenvalue weighted by atomic mass is 10.1. The molecule has 0 bridgehead atoms. The number of methoxy groups -OCH3 is 1. The van der Waals surface area contributed by atoms with Gasteiger partial charge in [0.25, 0.3) is 0 Å². The van der Waals surface area contributed by atoms with E-state index in [2.05, 4.69) is 21.9 Å². The molecule has 0 amide bonds. The summed E-state index contributed by atoms with van der Waals surface area (Å²) < 4.78 is 15.1. The summed E-state index contributed by atoms with van der Waals surface area (Å²) in [5.41, 5.74) is 7.01. The van der Waals surface area contributed by atoms with E-state index in [9.17, 15) is 0 Å². The van der Waals surface area contributed by atoms with Gasteiger partial charge in [-0.1, -0.05) is 11.6 Å². The molecule has 8 nitrogen and oxygen atoms in total. The number of aromatic nitrogens is 2. The molecule has 2 aliphatic rings. The van der Waals surface area contributed by atoms with E-state index in [1.165, 1.54) is 6.20 Å². The molecular formula is C21H31ClN4O4. The molecule has 2 fully saturated rings. The quantitative estimate of drug-likeness (QED) is 0.737. The maximum Gasteiger partial charge on any atom is 0.220 e. The summed E-state index contributed by atoms with van der Waals surface area (Å²) in [6, 6.07) is 7.41. The SMILES string of the molecule is CN1CCOCC1.COc1ccc(-c2nc(N)ncc2Cl)cc1.OC1CCCOC1. The Balaban J connectivity index is 0.000000188. The number of aliphatic hydroxyl groups is 1. The van der Waals surface area contributed by atoms with Gasteiger partial charge in [0.2, 0.25) is 5.95 Å². The van der Waals surface area contributed by atoms with Gasteiger partial charge in [-0.2, -0.15) is 0 Å². The van der Waals surface area contributed by atoms with E-state index in [0.717, 1.165) is 57.1 Å². The van der Waals surface area contributed by atoms with E-state index in [0.29, 0.717) is 17.3 Å². The van der Waals surface area contributed by atoms with E-state index >= 15 is 0 Å². The van der Waals surface area contributed by atoms with Crippen LogP contribution in [0.15, 0.2) is 30.5 Å². The molecule has 166 valence electrons. The van der Waals surface area contributed by atoms with Crippen molar-refractivity contribution < 1.29 is 19.3 Å². The van der Waals surface area contributed by atoms with E-state index in [1.807, 2.05) is 24.3 Å². The molecule has 0 aliphatic carbocycles. The zero-order valence-electron chi connectivity index (χ0n) is 17.6. The lowest BCUT2D eigenvalue weighted by molar-refractivity contribution is -0.00535. The Hall–Kier alpha value is -1.97. The third-order valence-electron chi connectivity index (χ3n) is 4.50. The van der Waals surface area contributed by atoms with Crippen molar-refractivity contribution in [3.05, 3.63) is 35.5 Å². The van der Waals surface area contributed by atoms with E-state index in [-0.39, 0.29) is 12.1 Å². The second-order valence-corrected chi connectivity index (χ2v) is 7.35. The van der Waals surface area contributed by atoms with Gasteiger partial charge >= 0.3 is 0 Å². The fourth-order valence-corrected chi connectivity index (χ4v) is 2.91. The Bertz CT molecular complexity index is 720. The first kappa shape index (κ1) is 24.3. The van der Waals surface area contributed by atoms with Gasteiger partial charge in [0.05, 0.1) is 49.9 Å². The number of likely N-dealkylation sites (N-methyl/N-ethyl adjacent to an activating group) is 1. The molecule has 30 heavy (non-hydrogen) atoms. The molecule has 1 atom stereocenters. The summed E-state index contributed by atoms with van der Waals surface area (Å²) in [5, 5.41) is 9.26. The summed E-state index contributed by atoms with van der Waals surface area (Å²) in [4.78, 5) is 10.2. The van der Waals surface area contributed by atoms with Crippen molar-refractivity contribution in [3.63, 3.8) is 0 Å². The molecule has 2 aliphatic heterocycles. The van der Waals surface area contributed by atoms with Gasteiger partial charge in [-0.25, -0.2) is 9.97 Å². The van der Waals surface area contributed by atoms with Crippen LogP contribution in [0.1, 0.15) is 12.8 Å². The molecule has 2 saturated heterocycles. The number of nitrogens with zero attached hydrogens (tertiary/aromatic N) is 3. The fourth-order valence-electron chi connectivity index (χ4n) is 2.71. The van der Waals surface area contributed by atoms with Crippen molar-refractivity contribution in [2.75, 3.05) is 59.4 Å². The van der Waals surface area contributed by atoms with E-state index < -0.39 is 0 Å². The maximum absolute atomic E-state index is 8.78. The van der Waals surface area contributed by atoms with Crippen molar-refractivity contribution in [2.45, 2.75) is 18.9 Å². The minimum Gasteiger partial charge on any atom is -0.497 e. The number of halogens is 1. The van der Waals surface area contributed by atoms with Gasteiger partial charge in [-0.05, 0) is 44.2 Å².